The Hall–Kier alpha value is -0.580. The molecular formula is C14H21ClN2OS. The highest BCUT2D eigenvalue weighted by atomic mass is 35.5. The largest absolute Gasteiger partial charge is 0.341 e. The molecule has 2 saturated heterocycles. The van der Waals surface area contributed by atoms with Crippen molar-refractivity contribution in [2.75, 3.05) is 13.1 Å². The monoisotopic (exact) mass is 300 g/mol. The van der Waals surface area contributed by atoms with Crippen molar-refractivity contribution in [3.05, 3.63) is 21.9 Å². The number of nitrogens with one attached hydrogen (secondary N) is 1. The van der Waals surface area contributed by atoms with Crippen LogP contribution in [0.15, 0.2) is 12.1 Å². The lowest BCUT2D eigenvalue weighted by molar-refractivity contribution is -0.130. The fourth-order valence-corrected chi connectivity index (χ4v) is 3.89. The van der Waals surface area contributed by atoms with Gasteiger partial charge in [-0.2, -0.15) is 0 Å². The van der Waals surface area contributed by atoms with E-state index in [2.05, 4.69) is 29.3 Å². The molecule has 1 amide bonds. The number of halogens is 1. The van der Waals surface area contributed by atoms with E-state index in [1.807, 2.05) is 0 Å². The molecule has 0 aromatic carbocycles. The Bertz CT molecular complexity index is 448. The summed E-state index contributed by atoms with van der Waals surface area (Å²) in [5.41, 5.74) is 0. The molecule has 3 rings (SSSR count). The van der Waals surface area contributed by atoms with Crippen LogP contribution in [0, 0.1) is 6.92 Å². The molecule has 3 nitrogen and oxygen atoms in total. The van der Waals surface area contributed by atoms with Gasteiger partial charge < -0.3 is 10.2 Å². The molecule has 2 atom stereocenters. The average Bonchev–Trinajstić information content (AvgIpc) is 2.85. The second-order valence-electron chi connectivity index (χ2n) is 5.46. The predicted octanol–water partition coefficient (Wildman–Crippen LogP) is 2.37. The number of hydrogen-bond acceptors (Lipinski definition) is 3. The van der Waals surface area contributed by atoms with Crippen LogP contribution in [-0.4, -0.2) is 36.0 Å². The van der Waals surface area contributed by atoms with Gasteiger partial charge >= 0.3 is 0 Å². The van der Waals surface area contributed by atoms with Gasteiger partial charge in [0.1, 0.15) is 0 Å². The second kappa shape index (κ2) is 6.25. The van der Waals surface area contributed by atoms with Gasteiger partial charge in [-0.25, -0.2) is 0 Å². The first-order valence-corrected chi connectivity index (χ1v) is 7.61. The van der Waals surface area contributed by atoms with Crippen molar-refractivity contribution >= 4 is 29.7 Å². The third-order valence-corrected chi connectivity index (χ3v) is 5.00. The molecule has 5 heteroatoms. The van der Waals surface area contributed by atoms with Crippen LogP contribution in [0.3, 0.4) is 0 Å². The molecule has 106 valence electrons. The Morgan fingerprint density at radius 2 is 2.16 bits per heavy atom. The number of carbonyl (C=O) groups excluding carboxylic acids is 1. The minimum Gasteiger partial charge on any atom is -0.341 e. The molecule has 1 N–H and O–H groups in total. The number of rotatable bonds is 2. The number of hydrogen-bond donors (Lipinski definition) is 1. The summed E-state index contributed by atoms with van der Waals surface area (Å²) in [4.78, 5) is 16.9. The lowest BCUT2D eigenvalue weighted by Crippen LogP contribution is -2.39. The van der Waals surface area contributed by atoms with Gasteiger partial charge in [0.25, 0.3) is 0 Å². The van der Waals surface area contributed by atoms with Crippen molar-refractivity contribution in [3.63, 3.8) is 0 Å². The van der Waals surface area contributed by atoms with Crippen LogP contribution in [0.25, 0.3) is 0 Å². The Morgan fingerprint density at radius 1 is 1.37 bits per heavy atom. The Morgan fingerprint density at radius 3 is 2.89 bits per heavy atom. The van der Waals surface area contributed by atoms with Crippen molar-refractivity contribution < 1.29 is 4.79 Å². The number of likely N-dealkylation sites (tertiary alicyclic amines) is 1. The van der Waals surface area contributed by atoms with E-state index in [4.69, 9.17) is 0 Å². The fourth-order valence-electron chi connectivity index (χ4n) is 3.01. The van der Waals surface area contributed by atoms with Gasteiger partial charge in [0.2, 0.25) is 5.91 Å². The van der Waals surface area contributed by atoms with Crippen LogP contribution in [0.5, 0.6) is 0 Å². The molecule has 0 radical (unpaired) electrons. The standard InChI is InChI=1S/C14H20N2OS.ClH/c1-10-2-5-13(18-10)8-14(17)16-7-6-11-3-4-12(9-16)15-11;/h2,5,11-12,15H,3-4,6-9H2,1H3;1H. The van der Waals surface area contributed by atoms with Crippen LogP contribution < -0.4 is 5.32 Å². The van der Waals surface area contributed by atoms with Crippen LogP contribution >= 0.6 is 23.7 Å². The summed E-state index contributed by atoms with van der Waals surface area (Å²) in [5.74, 6) is 0.297. The van der Waals surface area contributed by atoms with Crippen LogP contribution in [0.4, 0.5) is 0 Å². The van der Waals surface area contributed by atoms with Crippen LogP contribution in [0.1, 0.15) is 29.0 Å². The molecule has 2 fully saturated rings. The number of amides is 1. The lowest BCUT2D eigenvalue weighted by Gasteiger charge is -2.24. The van der Waals surface area contributed by atoms with E-state index in [0.29, 0.717) is 24.4 Å². The van der Waals surface area contributed by atoms with Gasteiger partial charge in [-0.05, 0) is 38.3 Å². The van der Waals surface area contributed by atoms with E-state index in [1.54, 1.807) is 11.3 Å². The summed E-state index contributed by atoms with van der Waals surface area (Å²) in [6.07, 6.45) is 4.21. The zero-order valence-electron chi connectivity index (χ0n) is 11.2. The summed E-state index contributed by atoms with van der Waals surface area (Å²) in [6.45, 7) is 3.92. The van der Waals surface area contributed by atoms with E-state index in [0.717, 1.165) is 19.5 Å². The van der Waals surface area contributed by atoms with Gasteiger partial charge in [0.05, 0.1) is 6.42 Å². The van der Waals surface area contributed by atoms with Crippen LogP contribution in [0.2, 0.25) is 0 Å². The predicted molar refractivity (Wildman–Crippen MR) is 81.2 cm³/mol. The van der Waals surface area contributed by atoms with E-state index in [9.17, 15) is 4.79 Å². The molecule has 0 saturated carbocycles. The van der Waals surface area contributed by atoms with Gasteiger partial charge in [0, 0.05) is 34.9 Å². The van der Waals surface area contributed by atoms with Gasteiger partial charge in [-0.15, -0.1) is 23.7 Å². The summed E-state index contributed by atoms with van der Waals surface area (Å²) in [5, 5.41) is 3.61. The average molecular weight is 301 g/mol. The zero-order chi connectivity index (χ0) is 12.5. The zero-order valence-corrected chi connectivity index (χ0v) is 12.9. The summed E-state index contributed by atoms with van der Waals surface area (Å²) in [7, 11) is 0. The van der Waals surface area contributed by atoms with E-state index < -0.39 is 0 Å². The highest BCUT2D eigenvalue weighted by Gasteiger charge is 2.30. The SMILES string of the molecule is Cc1ccc(CC(=O)N2CCC3CCC(C2)N3)s1.Cl. The maximum absolute atomic E-state index is 12.3. The Balaban J connectivity index is 0.00000133. The molecule has 2 bridgehead atoms. The third-order valence-electron chi connectivity index (χ3n) is 4.00. The van der Waals surface area contributed by atoms with Crippen molar-refractivity contribution in [2.45, 2.75) is 44.7 Å². The number of carbonyl (C=O) groups is 1. The first-order chi connectivity index (χ1) is 8.70. The smallest absolute Gasteiger partial charge is 0.227 e. The fraction of sp³-hybridized carbons (Fsp3) is 0.643. The first kappa shape index (κ1) is 14.8. The molecule has 19 heavy (non-hydrogen) atoms. The normalized spacial score (nSPS) is 25.8. The molecule has 1 aromatic rings. The number of aryl methyl sites for hydroxylation is 1. The molecule has 2 aliphatic heterocycles. The van der Waals surface area contributed by atoms with Crippen molar-refractivity contribution in [1.82, 2.24) is 10.2 Å². The number of nitrogens with zero attached hydrogens (tertiary/aromatic N) is 1. The first-order valence-electron chi connectivity index (χ1n) is 6.80. The minimum absolute atomic E-state index is 0. The molecule has 0 spiro atoms. The maximum Gasteiger partial charge on any atom is 0.227 e. The van der Waals surface area contributed by atoms with Crippen molar-refractivity contribution in [2.24, 2.45) is 0 Å². The molecular weight excluding hydrogens is 280 g/mol. The maximum atomic E-state index is 12.3. The van der Waals surface area contributed by atoms with E-state index in [1.165, 1.54) is 22.6 Å². The van der Waals surface area contributed by atoms with E-state index in [-0.39, 0.29) is 12.4 Å². The highest BCUT2D eigenvalue weighted by molar-refractivity contribution is 7.12. The Kier molecular flexibility index (Phi) is 4.87. The van der Waals surface area contributed by atoms with Crippen LogP contribution in [-0.2, 0) is 11.2 Å². The molecule has 0 aliphatic carbocycles. The minimum atomic E-state index is 0. The molecule has 1 aromatic heterocycles. The van der Waals surface area contributed by atoms with Gasteiger partial charge in [0.15, 0.2) is 0 Å². The quantitative estimate of drug-likeness (QED) is 0.909. The van der Waals surface area contributed by atoms with Gasteiger partial charge in [-0.3, -0.25) is 4.79 Å². The van der Waals surface area contributed by atoms with Gasteiger partial charge in [-0.1, -0.05) is 0 Å². The highest BCUT2D eigenvalue weighted by Crippen LogP contribution is 2.22. The second-order valence-corrected chi connectivity index (χ2v) is 6.83. The molecule has 2 aliphatic rings. The van der Waals surface area contributed by atoms with Crippen molar-refractivity contribution in [1.29, 1.82) is 0 Å². The summed E-state index contributed by atoms with van der Waals surface area (Å²) < 4.78 is 0. The Labute approximate surface area is 124 Å². The summed E-state index contributed by atoms with van der Waals surface area (Å²) in [6, 6.07) is 5.36. The molecule has 2 unspecified atom stereocenters. The summed E-state index contributed by atoms with van der Waals surface area (Å²) >= 11 is 1.74. The lowest BCUT2D eigenvalue weighted by atomic mass is 10.1. The topological polar surface area (TPSA) is 32.3 Å². The van der Waals surface area contributed by atoms with E-state index >= 15 is 0 Å². The number of fused-ring (bicyclic) bond motifs is 2. The third kappa shape index (κ3) is 3.50. The van der Waals surface area contributed by atoms with Crippen molar-refractivity contribution in [3.8, 4) is 0 Å². The number of thiophene rings is 1. The molecule has 3 heterocycles.